The van der Waals surface area contributed by atoms with Crippen molar-refractivity contribution in [3.05, 3.63) is 157 Å². The number of likely N-dealkylation sites (N-methyl/N-ethyl adjacent to an activating group) is 1. The van der Waals surface area contributed by atoms with E-state index in [4.69, 9.17) is 62.7 Å². The number of β-amino-alcohol motifs (C(OH)–C–C–N with tert-alkyl or cyclic N) is 1. The van der Waals surface area contributed by atoms with E-state index in [0.29, 0.717) is 54.1 Å². The zero-order chi connectivity index (χ0) is 67.1. The number of phenols is 1. The molecule has 14 atom stereocenters. The Hall–Kier alpha value is -4.85. The number of aliphatic hydroxyl groups excluding tert-OH is 5. The minimum Gasteiger partial charge on any atom is -0.506 e. The molecule has 4 amide bonds. The highest BCUT2D eigenvalue weighted by atomic mass is 35.5. The predicted octanol–water partition coefficient (Wildman–Crippen LogP) is 8.51. The molecule has 1 aromatic heterocycles. The smallest absolute Gasteiger partial charge is 0.259 e. The second-order valence-electron chi connectivity index (χ2n) is 25.2. The third-order valence-electron chi connectivity index (χ3n) is 16.8. The van der Waals surface area contributed by atoms with Gasteiger partial charge in [0.15, 0.2) is 0 Å². The minimum atomic E-state index is -1.36. The van der Waals surface area contributed by atoms with Gasteiger partial charge in [-0.1, -0.05) is 120 Å². The van der Waals surface area contributed by atoms with Crippen LogP contribution in [-0.2, 0) is 38.5 Å². The monoisotopic (exact) mass is 1390 g/mol. The number of anilines is 1. The van der Waals surface area contributed by atoms with Gasteiger partial charge in [0.2, 0.25) is 17.7 Å². The van der Waals surface area contributed by atoms with Crippen LogP contribution in [0.4, 0.5) is 5.69 Å². The molecular formula is C67H87Cl5N8O11S. The van der Waals surface area contributed by atoms with Crippen LogP contribution in [-0.4, -0.2) is 191 Å². The van der Waals surface area contributed by atoms with E-state index in [0.717, 1.165) is 54.6 Å². The number of thioether (sulfide) groups is 1. The quantitative estimate of drug-likeness (QED) is 0.0327. The number of aliphatic hydroxyl groups is 5. The second-order valence-corrected chi connectivity index (χ2v) is 28.5. The molecule has 5 aromatic rings. The fourth-order valence-electron chi connectivity index (χ4n) is 12.2. The van der Waals surface area contributed by atoms with E-state index in [1.54, 1.807) is 31.5 Å². The number of carbonyl (C=O) groups excluding carboxylic acids is 4. The average molecular weight is 1390 g/mol. The molecule has 1 aliphatic carbocycles. The van der Waals surface area contributed by atoms with E-state index in [1.807, 2.05) is 106 Å². The Morgan fingerprint density at radius 1 is 0.826 bits per heavy atom. The number of hydrogen-bond donors (Lipinski definition) is 10. The molecular weight excluding hydrogens is 1300 g/mol. The highest BCUT2D eigenvalue weighted by Gasteiger charge is 2.49. The molecule has 0 radical (unpaired) electrons. The molecule has 92 heavy (non-hydrogen) atoms. The van der Waals surface area contributed by atoms with Gasteiger partial charge in [0.1, 0.15) is 41.6 Å². The van der Waals surface area contributed by atoms with E-state index < -0.39 is 82.9 Å². The zero-order valence-corrected chi connectivity index (χ0v) is 57.4. The summed E-state index contributed by atoms with van der Waals surface area (Å²) >= 11 is 30.7. The maximum atomic E-state index is 13.8. The number of aromatic hydroxyl groups is 1. The number of amides is 4. The molecule has 502 valence electrons. The Balaban J connectivity index is 0.000000216. The fraction of sp³-hybridized carbons (Fsp3) is 0.507. The second kappa shape index (κ2) is 34.7. The van der Waals surface area contributed by atoms with Crippen molar-refractivity contribution in [3.63, 3.8) is 0 Å². The lowest BCUT2D eigenvalue weighted by atomic mass is 9.91. The van der Waals surface area contributed by atoms with Crippen LogP contribution < -0.4 is 21.3 Å². The zero-order valence-electron chi connectivity index (χ0n) is 52.8. The average Bonchev–Trinajstić information content (AvgIpc) is 1.23. The number of rotatable bonds is 20. The van der Waals surface area contributed by atoms with Gasteiger partial charge in [0, 0.05) is 80.2 Å². The third-order valence-corrected chi connectivity index (χ3v) is 19.2. The molecule has 9 rings (SSSR count). The van der Waals surface area contributed by atoms with Crippen LogP contribution in [0.3, 0.4) is 0 Å². The number of aromatic nitrogens is 1. The molecule has 4 aromatic carbocycles. The van der Waals surface area contributed by atoms with Crippen molar-refractivity contribution in [2.45, 2.75) is 157 Å². The first kappa shape index (κ1) is 74.5. The largest absolute Gasteiger partial charge is 0.506 e. The van der Waals surface area contributed by atoms with Gasteiger partial charge in [-0.2, -0.15) is 0 Å². The van der Waals surface area contributed by atoms with Crippen LogP contribution in [0, 0.1) is 11.8 Å². The lowest BCUT2D eigenvalue weighted by Crippen LogP contribution is -2.65. The SMILES string of the molecule is CC(C)(C)NC(=O)[C@@H]1CN(Cc2cccnc2)CCN1C[C@@H](O)C[C@@H](Cc1ccccc1)C(=O)N[C@H]1c2ccccc2C[C@H]1O.CCC[C@@H]1C[C@@H](C(=O)N[C@@H]([C@H]2O[C@H](SC)[C@H](O)[C@@H](O)[C@H]2O)[C@H](C)Cl)N(C)C1.O=C(Nc1ccc(Cl)c(Cl)c1)c1cc(Cl)cc(Cl)c1O. The molecule has 0 saturated carbocycles. The summed E-state index contributed by atoms with van der Waals surface area (Å²) in [5.74, 6) is -1.34. The number of ether oxygens (including phenoxy) is 1. The van der Waals surface area contributed by atoms with Crippen molar-refractivity contribution in [1.29, 1.82) is 0 Å². The summed E-state index contributed by atoms with van der Waals surface area (Å²) in [4.78, 5) is 62.9. The van der Waals surface area contributed by atoms with E-state index in [9.17, 15) is 49.8 Å². The number of hydrogen-bond acceptors (Lipinski definition) is 16. The summed E-state index contributed by atoms with van der Waals surface area (Å²) in [5.41, 5.74) is 3.37. The number of benzene rings is 4. The molecule has 3 aliphatic heterocycles. The molecule has 3 saturated heterocycles. The van der Waals surface area contributed by atoms with Gasteiger partial charge in [-0.25, -0.2) is 0 Å². The highest BCUT2D eigenvalue weighted by Crippen LogP contribution is 2.36. The summed E-state index contributed by atoms with van der Waals surface area (Å²) in [6, 6.07) is 27.0. The lowest BCUT2D eigenvalue weighted by Gasteiger charge is -2.44. The number of halogens is 5. The molecule has 19 nitrogen and oxygen atoms in total. The van der Waals surface area contributed by atoms with Gasteiger partial charge in [-0.15, -0.1) is 23.4 Å². The number of nitrogens with zero attached hydrogens (tertiary/aromatic N) is 4. The number of nitrogens with one attached hydrogen (secondary N) is 4. The maximum Gasteiger partial charge on any atom is 0.259 e. The maximum absolute atomic E-state index is 13.8. The molecule has 0 spiro atoms. The number of alkyl halides is 1. The van der Waals surface area contributed by atoms with Crippen LogP contribution in [0.5, 0.6) is 5.75 Å². The van der Waals surface area contributed by atoms with Gasteiger partial charge in [-0.05, 0) is 131 Å². The molecule has 10 N–H and O–H groups in total. The van der Waals surface area contributed by atoms with Crippen LogP contribution >= 0.6 is 69.8 Å². The molecule has 3 fully saturated rings. The number of fused-ring (bicyclic) bond motifs is 1. The Morgan fingerprint density at radius 3 is 2.20 bits per heavy atom. The third kappa shape index (κ3) is 20.8. The molecule has 4 heterocycles. The van der Waals surface area contributed by atoms with Crippen molar-refractivity contribution in [2.24, 2.45) is 11.8 Å². The van der Waals surface area contributed by atoms with E-state index in [2.05, 4.69) is 43.0 Å². The minimum absolute atomic E-state index is 0.00297. The lowest BCUT2D eigenvalue weighted by molar-refractivity contribution is -0.205. The summed E-state index contributed by atoms with van der Waals surface area (Å²) in [7, 11) is 1.94. The van der Waals surface area contributed by atoms with Gasteiger partial charge >= 0.3 is 0 Å². The van der Waals surface area contributed by atoms with Crippen molar-refractivity contribution in [2.75, 3.05) is 51.3 Å². The summed E-state index contributed by atoms with van der Waals surface area (Å²) in [5, 5.41) is 74.8. The van der Waals surface area contributed by atoms with Crippen LogP contribution in [0.25, 0.3) is 0 Å². The Bertz CT molecular complexity index is 3230. The first-order chi connectivity index (χ1) is 43.6. The molecule has 0 bridgehead atoms. The van der Waals surface area contributed by atoms with Crippen molar-refractivity contribution in [1.82, 2.24) is 35.6 Å². The van der Waals surface area contributed by atoms with Crippen molar-refractivity contribution < 1.29 is 54.6 Å². The van der Waals surface area contributed by atoms with E-state index in [-0.39, 0.29) is 58.1 Å². The number of carbonyl (C=O) groups is 4. The van der Waals surface area contributed by atoms with E-state index >= 15 is 0 Å². The van der Waals surface area contributed by atoms with E-state index in [1.165, 1.54) is 30.0 Å². The van der Waals surface area contributed by atoms with Gasteiger partial charge in [-0.3, -0.25) is 38.9 Å². The fourth-order valence-corrected chi connectivity index (χ4v) is 13.9. The number of piperazine rings is 1. The van der Waals surface area contributed by atoms with Crippen LogP contribution in [0.1, 0.15) is 99.0 Å². The highest BCUT2D eigenvalue weighted by molar-refractivity contribution is 7.99. The molecule has 25 heteroatoms. The van der Waals surface area contributed by atoms with Crippen LogP contribution in [0.15, 0.2) is 109 Å². The number of pyridine rings is 1. The topological polar surface area (TPSA) is 270 Å². The molecule has 4 aliphatic rings. The molecule has 0 unspecified atom stereocenters. The first-order valence-corrected chi connectivity index (χ1v) is 34.2. The summed E-state index contributed by atoms with van der Waals surface area (Å²) in [6.07, 6.45) is 3.16. The Morgan fingerprint density at radius 2 is 1.53 bits per heavy atom. The predicted molar refractivity (Wildman–Crippen MR) is 363 cm³/mol. The van der Waals surface area contributed by atoms with Crippen molar-refractivity contribution in [3.8, 4) is 5.75 Å². The normalized spacial score (nSPS) is 24.7. The standard InChI is InChI=1S/C36H47N5O4.C18H33ClN2O5S.C13H7Cl4NO2/c1-36(2,3)39-35(45)31-24-40(22-26-12-9-15-37-21-26)16-17-41(31)23-29(42)19-28(18-25-10-5-4-6-11-25)34(44)38-33-30-14-8-7-13-27(30)20-32(33)43;1-5-6-10-7-11(21(3)8-10)17(25)20-12(9(2)19)16-14(23)13(22)15(24)18(26-16)27-4;14-6-3-8(12(19)11(17)4-6)13(20)18-7-1-2-9(15)10(16)5-7/h4-15,21,28-29,31-33,42-43H,16-20,22-24H2,1-3H3,(H,38,44)(H,39,45);9-16,18,22-24H,5-8H2,1-4H3,(H,20,25);1-5,19H,(H,18,20)/t28-,29+,31+,32-,33+;9-,10+,11-,12+,13-,14+,15+,16+,18+;/m10./s1. The number of likely N-dealkylation sites (tertiary alicyclic amines) is 1. The van der Waals surface area contributed by atoms with Crippen molar-refractivity contribution >= 4 is 99.1 Å². The number of phenolic OH excluding ortho intramolecular Hbond substituents is 1. The van der Waals surface area contributed by atoms with Gasteiger partial charge in [0.25, 0.3) is 5.91 Å². The summed E-state index contributed by atoms with van der Waals surface area (Å²) in [6.45, 7) is 13.5. The van der Waals surface area contributed by atoms with Crippen LogP contribution in [0.2, 0.25) is 20.1 Å². The first-order valence-electron chi connectivity index (χ1n) is 30.9. The van der Waals surface area contributed by atoms with Gasteiger partial charge in [0.05, 0.1) is 56.3 Å². The summed E-state index contributed by atoms with van der Waals surface area (Å²) < 4.78 is 5.79. The van der Waals surface area contributed by atoms with Gasteiger partial charge < -0.3 is 56.6 Å². The Kier molecular flexibility index (Phi) is 28.1. The Labute approximate surface area is 568 Å².